The molecule has 1 aliphatic heterocycles. The second kappa shape index (κ2) is 3.65. The highest BCUT2D eigenvalue weighted by atomic mass is 14.7. The minimum atomic E-state index is 1.09. The summed E-state index contributed by atoms with van der Waals surface area (Å²) >= 11 is 0. The van der Waals surface area contributed by atoms with Gasteiger partial charge in [0.25, 0.3) is 0 Å². The van der Waals surface area contributed by atoms with E-state index in [1.807, 2.05) is 0 Å². The van der Waals surface area contributed by atoms with Crippen LogP contribution in [-0.2, 0) is 0 Å². The van der Waals surface area contributed by atoms with Gasteiger partial charge >= 0.3 is 0 Å². The van der Waals surface area contributed by atoms with Gasteiger partial charge in [-0.2, -0.15) is 0 Å². The maximum atomic E-state index is 4.44. The topological polar surface area (TPSA) is 12.4 Å². The van der Waals surface area contributed by atoms with Crippen LogP contribution in [0.1, 0.15) is 39.0 Å². The summed E-state index contributed by atoms with van der Waals surface area (Å²) in [6.45, 7) is 3.31. The summed E-state index contributed by atoms with van der Waals surface area (Å²) in [6.07, 6.45) is 6.46. The highest BCUT2D eigenvalue weighted by Gasteiger charge is 2.02. The van der Waals surface area contributed by atoms with Gasteiger partial charge in [0, 0.05) is 12.3 Å². The normalized spacial score (nSPS) is 19.4. The standard InChI is InChI=1S/C8H15N/c1-2-5-8-6-3-4-7-9-8/h2-7H2,1H3. The molecule has 0 aliphatic carbocycles. The van der Waals surface area contributed by atoms with Crippen molar-refractivity contribution in [1.82, 2.24) is 0 Å². The van der Waals surface area contributed by atoms with E-state index >= 15 is 0 Å². The Labute approximate surface area is 57.2 Å². The number of aliphatic imine (C=N–C) groups is 1. The zero-order valence-corrected chi connectivity index (χ0v) is 6.19. The molecule has 1 rings (SSSR count). The van der Waals surface area contributed by atoms with E-state index in [2.05, 4.69) is 11.9 Å². The van der Waals surface area contributed by atoms with Gasteiger partial charge in [0.15, 0.2) is 0 Å². The van der Waals surface area contributed by atoms with Crippen LogP contribution in [0.3, 0.4) is 0 Å². The van der Waals surface area contributed by atoms with Crippen LogP contribution in [0.2, 0.25) is 0 Å². The van der Waals surface area contributed by atoms with Crippen LogP contribution < -0.4 is 0 Å². The van der Waals surface area contributed by atoms with E-state index < -0.39 is 0 Å². The van der Waals surface area contributed by atoms with Crippen molar-refractivity contribution in [2.24, 2.45) is 4.99 Å². The number of nitrogens with zero attached hydrogens (tertiary/aromatic N) is 1. The van der Waals surface area contributed by atoms with Gasteiger partial charge in [-0.3, -0.25) is 4.99 Å². The zero-order valence-electron chi connectivity index (χ0n) is 6.19. The minimum absolute atomic E-state index is 1.09. The van der Waals surface area contributed by atoms with Gasteiger partial charge in [0.1, 0.15) is 0 Å². The van der Waals surface area contributed by atoms with Crippen molar-refractivity contribution in [3.05, 3.63) is 0 Å². The summed E-state index contributed by atoms with van der Waals surface area (Å²) in [4.78, 5) is 4.44. The lowest BCUT2D eigenvalue weighted by Crippen LogP contribution is -2.04. The van der Waals surface area contributed by atoms with E-state index in [-0.39, 0.29) is 0 Å². The van der Waals surface area contributed by atoms with Crippen molar-refractivity contribution >= 4 is 5.71 Å². The molecular weight excluding hydrogens is 110 g/mol. The Morgan fingerprint density at radius 3 is 2.89 bits per heavy atom. The first-order valence-electron chi connectivity index (χ1n) is 3.95. The van der Waals surface area contributed by atoms with Crippen molar-refractivity contribution in [3.63, 3.8) is 0 Å². The Bertz CT molecular complexity index is 105. The lowest BCUT2D eigenvalue weighted by Gasteiger charge is -2.09. The fraction of sp³-hybridized carbons (Fsp3) is 0.875. The number of rotatable bonds is 2. The molecule has 0 saturated heterocycles. The molecule has 0 fully saturated rings. The van der Waals surface area contributed by atoms with Crippen LogP contribution in [0.4, 0.5) is 0 Å². The van der Waals surface area contributed by atoms with E-state index in [4.69, 9.17) is 0 Å². The Balaban J connectivity index is 2.28. The van der Waals surface area contributed by atoms with Gasteiger partial charge in [0.05, 0.1) is 0 Å². The number of hydrogen-bond donors (Lipinski definition) is 0. The molecule has 0 unspecified atom stereocenters. The molecule has 0 amide bonds. The maximum Gasteiger partial charge on any atom is 0.0388 e. The van der Waals surface area contributed by atoms with Gasteiger partial charge in [-0.25, -0.2) is 0 Å². The highest BCUT2D eigenvalue weighted by Crippen LogP contribution is 2.09. The van der Waals surface area contributed by atoms with E-state index in [9.17, 15) is 0 Å². The molecule has 0 radical (unpaired) electrons. The molecular formula is C8H15N. The summed E-state index contributed by atoms with van der Waals surface area (Å²) in [5.74, 6) is 0. The van der Waals surface area contributed by atoms with Crippen LogP contribution >= 0.6 is 0 Å². The van der Waals surface area contributed by atoms with Gasteiger partial charge in [0.2, 0.25) is 0 Å². The van der Waals surface area contributed by atoms with Crippen molar-refractivity contribution in [1.29, 1.82) is 0 Å². The average Bonchev–Trinajstić information content (AvgIpc) is 1.91. The minimum Gasteiger partial charge on any atom is -0.294 e. The molecule has 9 heavy (non-hydrogen) atoms. The molecule has 0 bridgehead atoms. The van der Waals surface area contributed by atoms with E-state index in [1.54, 1.807) is 0 Å². The molecule has 0 saturated carbocycles. The summed E-state index contributed by atoms with van der Waals surface area (Å²) in [5, 5.41) is 0. The zero-order chi connectivity index (χ0) is 6.53. The third-order valence-corrected chi connectivity index (χ3v) is 1.75. The Hall–Kier alpha value is -0.330. The molecule has 52 valence electrons. The van der Waals surface area contributed by atoms with E-state index in [0.29, 0.717) is 0 Å². The molecule has 1 heteroatoms. The van der Waals surface area contributed by atoms with Crippen molar-refractivity contribution in [3.8, 4) is 0 Å². The van der Waals surface area contributed by atoms with Crippen molar-refractivity contribution in [2.75, 3.05) is 6.54 Å². The Morgan fingerprint density at radius 1 is 1.44 bits per heavy atom. The van der Waals surface area contributed by atoms with Gasteiger partial charge in [-0.05, 0) is 25.7 Å². The van der Waals surface area contributed by atoms with Crippen LogP contribution in [-0.4, -0.2) is 12.3 Å². The molecule has 0 aromatic heterocycles. The van der Waals surface area contributed by atoms with Gasteiger partial charge in [-0.1, -0.05) is 13.3 Å². The summed E-state index contributed by atoms with van der Waals surface area (Å²) in [5.41, 5.74) is 1.46. The third-order valence-electron chi connectivity index (χ3n) is 1.75. The van der Waals surface area contributed by atoms with E-state index in [0.717, 1.165) is 6.54 Å². The fourth-order valence-corrected chi connectivity index (χ4v) is 1.25. The average molecular weight is 125 g/mol. The lowest BCUT2D eigenvalue weighted by molar-refractivity contribution is 0.721. The Kier molecular flexibility index (Phi) is 2.75. The van der Waals surface area contributed by atoms with Crippen LogP contribution in [0.15, 0.2) is 4.99 Å². The van der Waals surface area contributed by atoms with E-state index in [1.165, 1.54) is 37.8 Å². The predicted molar refractivity (Wildman–Crippen MR) is 41.1 cm³/mol. The molecule has 1 nitrogen and oxygen atoms in total. The summed E-state index contributed by atoms with van der Waals surface area (Å²) < 4.78 is 0. The number of hydrogen-bond acceptors (Lipinski definition) is 1. The first kappa shape index (κ1) is 6.79. The molecule has 0 atom stereocenters. The fourth-order valence-electron chi connectivity index (χ4n) is 1.25. The molecule has 1 aliphatic rings. The van der Waals surface area contributed by atoms with Crippen LogP contribution in [0.25, 0.3) is 0 Å². The summed E-state index contributed by atoms with van der Waals surface area (Å²) in [6, 6.07) is 0. The molecule has 1 heterocycles. The second-order valence-corrected chi connectivity index (χ2v) is 2.66. The van der Waals surface area contributed by atoms with Gasteiger partial charge in [-0.15, -0.1) is 0 Å². The van der Waals surface area contributed by atoms with Crippen LogP contribution in [0, 0.1) is 0 Å². The largest absolute Gasteiger partial charge is 0.294 e. The quantitative estimate of drug-likeness (QED) is 0.537. The monoisotopic (exact) mass is 125 g/mol. The van der Waals surface area contributed by atoms with Gasteiger partial charge < -0.3 is 0 Å². The SMILES string of the molecule is CCCC1=NCCCC1. The third kappa shape index (κ3) is 2.17. The van der Waals surface area contributed by atoms with Crippen molar-refractivity contribution in [2.45, 2.75) is 39.0 Å². The maximum absolute atomic E-state index is 4.44. The highest BCUT2D eigenvalue weighted by molar-refractivity contribution is 5.84. The first-order chi connectivity index (χ1) is 4.43. The lowest BCUT2D eigenvalue weighted by atomic mass is 10.1. The smallest absolute Gasteiger partial charge is 0.0388 e. The predicted octanol–water partition coefficient (Wildman–Crippen LogP) is 2.41. The van der Waals surface area contributed by atoms with Crippen LogP contribution in [0.5, 0.6) is 0 Å². The Morgan fingerprint density at radius 2 is 2.33 bits per heavy atom. The first-order valence-corrected chi connectivity index (χ1v) is 3.95. The second-order valence-electron chi connectivity index (χ2n) is 2.66. The van der Waals surface area contributed by atoms with Crippen molar-refractivity contribution < 1.29 is 0 Å². The summed E-state index contributed by atoms with van der Waals surface area (Å²) in [7, 11) is 0. The molecule has 0 spiro atoms. The molecule has 0 aromatic rings. The molecule has 0 aromatic carbocycles. The molecule has 0 N–H and O–H groups in total.